The molecule has 0 unspecified atom stereocenters. The van der Waals surface area contributed by atoms with Crippen LogP contribution in [-0.2, 0) is 0 Å². The standard InChI is InChI=1S/C8H10N/c1-9(2)8-6-4-3-5-7-8/h3-4,6-7H,1-2H3/p+1. The average Bonchev–Trinajstić information content (AvgIpc) is 1.90. The molecule has 9 heavy (non-hydrogen) atoms. The van der Waals surface area contributed by atoms with Crippen molar-refractivity contribution in [1.29, 1.82) is 0 Å². The van der Waals surface area contributed by atoms with Crippen LogP contribution in [0.1, 0.15) is 1.43 Å². The second-order valence-electron chi connectivity index (χ2n) is 2.16. The van der Waals surface area contributed by atoms with Gasteiger partial charge in [0.1, 0.15) is 0 Å². The fourth-order valence-electron chi connectivity index (χ4n) is 0.662. The number of nitrogens with zero attached hydrogens (tertiary/aromatic N) is 1. The van der Waals surface area contributed by atoms with Gasteiger partial charge in [-0.2, -0.15) is 0 Å². The predicted molar refractivity (Wildman–Crippen MR) is 40.7 cm³/mol. The van der Waals surface area contributed by atoms with Crippen LogP contribution in [0.25, 0.3) is 0 Å². The molecule has 0 aliphatic carbocycles. The Labute approximate surface area is 57.4 Å². The van der Waals surface area contributed by atoms with Crippen LogP contribution in [0.3, 0.4) is 0 Å². The van der Waals surface area contributed by atoms with E-state index in [4.69, 9.17) is 0 Å². The summed E-state index contributed by atoms with van der Waals surface area (Å²) in [5.74, 6) is 0. The summed E-state index contributed by atoms with van der Waals surface area (Å²) in [6, 6.07) is 10.9. The molecule has 0 aliphatic heterocycles. The van der Waals surface area contributed by atoms with Crippen molar-refractivity contribution in [3.8, 4) is 0 Å². The maximum Gasteiger partial charge on any atom is 1.00 e. The first-order valence-corrected chi connectivity index (χ1v) is 2.94. The fourth-order valence-corrected chi connectivity index (χ4v) is 0.662. The second-order valence-corrected chi connectivity index (χ2v) is 2.16. The summed E-state index contributed by atoms with van der Waals surface area (Å²) in [5, 5.41) is 0. The van der Waals surface area contributed by atoms with Crippen molar-refractivity contribution in [3.05, 3.63) is 30.3 Å². The zero-order valence-corrected chi connectivity index (χ0v) is 5.76. The van der Waals surface area contributed by atoms with Crippen molar-refractivity contribution in [2.24, 2.45) is 0 Å². The number of benzene rings is 1. The van der Waals surface area contributed by atoms with Crippen molar-refractivity contribution >= 4 is 5.69 Å². The molecule has 1 aromatic rings. The molecule has 0 bridgehead atoms. The van der Waals surface area contributed by atoms with Gasteiger partial charge in [0.05, 0.1) is 0 Å². The van der Waals surface area contributed by atoms with Crippen molar-refractivity contribution in [2.75, 3.05) is 19.0 Å². The van der Waals surface area contributed by atoms with Crippen LogP contribution in [0, 0.1) is 6.07 Å². The molecule has 0 heterocycles. The van der Waals surface area contributed by atoms with E-state index in [2.05, 4.69) is 17.0 Å². The molecule has 0 N–H and O–H groups in total. The Balaban J connectivity index is 0.000000810. The lowest BCUT2D eigenvalue weighted by atomic mass is 10.3. The van der Waals surface area contributed by atoms with E-state index in [9.17, 15) is 0 Å². The quantitative estimate of drug-likeness (QED) is 0.546. The molecule has 0 spiro atoms. The van der Waals surface area contributed by atoms with Gasteiger partial charge < -0.3 is 4.90 Å². The molecule has 0 amide bonds. The van der Waals surface area contributed by atoms with Crippen molar-refractivity contribution in [1.82, 2.24) is 0 Å². The largest absolute Gasteiger partial charge is 1.00 e. The first-order valence-electron chi connectivity index (χ1n) is 2.94. The predicted octanol–water partition coefficient (Wildman–Crippen LogP) is 1.67. The Kier molecular flexibility index (Phi) is 1.73. The van der Waals surface area contributed by atoms with Crippen LogP contribution in [0.15, 0.2) is 24.3 Å². The Bertz CT molecular complexity index is 172. The minimum atomic E-state index is 0. The molecule has 0 fully saturated rings. The van der Waals surface area contributed by atoms with Crippen LogP contribution in [0.2, 0.25) is 0 Å². The SMILES string of the molecule is CN(C)c1c[c]ccc1.[H+]. The third-order valence-corrected chi connectivity index (χ3v) is 1.21. The average molecular weight is 121 g/mol. The van der Waals surface area contributed by atoms with Gasteiger partial charge in [-0.15, -0.1) is 0 Å². The third kappa shape index (κ3) is 1.46. The lowest BCUT2D eigenvalue weighted by Crippen LogP contribution is -2.07. The molecule has 0 aromatic heterocycles. The van der Waals surface area contributed by atoms with Crippen LogP contribution in [-0.4, -0.2) is 14.1 Å². The number of hydrogen-bond acceptors (Lipinski definition) is 1. The van der Waals surface area contributed by atoms with Crippen LogP contribution >= 0.6 is 0 Å². The highest BCUT2D eigenvalue weighted by Gasteiger charge is 1.88. The van der Waals surface area contributed by atoms with Crippen molar-refractivity contribution in [2.45, 2.75) is 0 Å². The Morgan fingerprint density at radius 2 is 2.33 bits per heavy atom. The van der Waals surface area contributed by atoms with Gasteiger partial charge in [-0.3, -0.25) is 0 Å². The molecule has 1 heteroatoms. The summed E-state index contributed by atoms with van der Waals surface area (Å²) in [7, 11) is 4.03. The molecule has 0 saturated carbocycles. The number of anilines is 1. The third-order valence-electron chi connectivity index (χ3n) is 1.21. The van der Waals surface area contributed by atoms with Crippen molar-refractivity contribution in [3.63, 3.8) is 0 Å². The molecule has 1 aromatic carbocycles. The first-order chi connectivity index (χ1) is 4.30. The van der Waals surface area contributed by atoms with Crippen molar-refractivity contribution < 1.29 is 1.43 Å². The summed E-state index contributed by atoms with van der Waals surface area (Å²) in [6.07, 6.45) is 0. The zero-order chi connectivity index (χ0) is 6.69. The lowest BCUT2D eigenvalue weighted by Gasteiger charge is -2.10. The minimum Gasteiger partial charge on any atom is -0.378 e. The normalized spacial score (nSPS) is 9.11. The Morgan fingerprint density at radius 3 is 2.67 bits per heavy atom. The molecule has 1 nitrogen and oxygen atoms in total. The summed E-state index contributed by atoms with van der Waals surface area (Å²) in [6.45, 7) is 0. The van der Waals surface area contributed by atoms with E-state index in [0.29, 0.717) is 0 Å². The van der Waals surface area contributed by atoms with E-state index < -0.39 is 0 Å². The van der Waals surface area contributed by atoms with Gasteiger partial charge in [0.15, 0.2) is 0 Å². The van der Waals surface area contributed by atoms with Gasteiger partial charge >= 0.3 is 1.43 Å². The molecule has 0 saturated heterocycles. The van der Waals surface area contributed by atoms with E-state index in [-0.39, 0.29) is 1.43 Å². The first kappa shape index (κ1) is 6.14. The highest BCUT2D eigenvalue weighted by molar-refractivity contribution is 5.43. The van der Waals surface area contributed by atoms with E-state index in [0.717, 1.165) is 0 Å². The molecular formula is C8H11N+. The second kappa shape index (κ2) is 2.53. The zero-order valence-electron chi connectivity index (χ0n) is 6.76. The summed E-state index contributed by atoms with van der Waals surface area (Å²) in [4.78, 5) is 2.05. The monoisotopic (exact) mass is 121 g/mol. The maximum absolute atomic E-state index is 3.00. The highest BCUT2D eigenvalue weighted by Crippen LogP contribution is 2.06. The molecule has 1 radical (unpaired) electrons. The fraction of sp³-hybridized carbons (Fsp3) is 0.250. The van der Waals surface area contributed by atoms with Crippen LogP contribution < -0.4 is 4.90 Å². The molecular weight excluding hydrogens is 110 g/mol. The van der Waals surface area contributed by atoms with E-state index >= 15 is 0 Å². The summed E-state index contributed by atoms with van der Waals surface area (Å²) >= 11 is 0. The molecule has 0 aliphatic rings. The molecule has 47 valence electrons. The van der Waals surface area contributed by atoms with E-state index in [1.54, 1.807) is 0 Å². The Morgan fingerprint density at radius 1 is 1.56 bits per heavy atom. The smallest absolute Gasteiger partial charge is 0.378 e. The lowest BCUT2D eigenvalue weighted by molar-refractivity contribution is 1.13. The van der Waals surface area contributed by atoms with Gasteiger partial charge in [-0.05, 0) is 18.2 Å². The Hall–Kier alpha value is -0.980. The topological polar surface area (TPSA) is 3.24 Å². The molecule has 0 atom stereocenters. The molecule has 1 rings (SSSR count). The minimum absolute atomic E-state index is 0. The van der Waals surface area contributed by atoms with E-state index in [1.807, 2.05) is 32.3 Å². The van der Waals surface area contributed by atoms with Crippen LogP contribution in [0.4, 0.5) is 5.69 Å². The summed E-state index contributed by atoms with van der Waals surface area (Å²) in [5.41, 5.74) is 1.19. The summed E-state index contributed by atoms with van der Waals surface area (Å²) < 4.78 is 0. The van der Waals surface area contributed by atoms with Gasteiger partial charge in [0.2, 0.25) is 0 Å². The van der Waals surface area contributed by atoms with Gasteiger partial charge in [-0.1, -0.05) is 12.1 Å². The number of hydrogen-bond donors (Lipinski definition) is 0. The van der Waals surface area contributed by atoms with Gasteiger partial charge in [-0.25, -0.2) is 0 Å². The van der Waals surface area contributed by atoms with Crippen LogP contribution in [0.5, 0.6) is 0 Å². The maximum atomic E-state index is 3.00. The van der Waals surface area contributed by atoms with Gasteiger partial charge in [0, 0.05) is 19.8 Å². The van der Waals surface area contributed by atoms with E-state index in [1.165, 1.54) is 5.69 Å². The number of rotatable bonds is 1. The van der Waals surface area contributed by atoms with Gasteiger partial charge in [0.25, 0.3) is 0 Å². The highest BCUT2D eigenvalue weighted by atomic mass is 15.1.